The Hall–Kier alpha value is -1.78. The van der Waals surface area contributed by atoms with Crippen LogP contribution in [-0.2, 0) is 57.0 Å². The molecule has 0 spiro atoms. The first-order valence-corrected chi connectivity index (χ1v) is 17.3. The third kappa shape index (κ3) is 142. The van der Waals surface area contributed by atoms with Gasteiger partial charge in [0.15, 0.2) is 6.79 Å². The number of halogens is 4. The lowest BCUT2D eigenvalue weighted by atomic mass is 10.5. The average molecular weight is 841 g/mol. The summed E-state index contributed by atoms with van der Waals surface area (Å²) in [6.07, 6.45) is -0.362. The molecule has 0 aromatic rings. The Balaban J connectivity index is -0.0000000759. The molecule has 0 fully saturated rings. The molecule has 328 valence electrons. The fourth-order valence-electron chi connectivity index (χ4n) is 1.42. The molecule has 0 heterocycles. The molecule has 0 saturated carbocycles. The van der Waals surface area contributed by atoms with Crippen molar-refractivity contribution in [2.45, 2.75) is 79.8 Å². The minimum absolute atomic E-state index is 0. The van der Waals surface area contributed by atoms with Crippen molar-refractivity contribution in [3.05, 3.63) is 0 Å². The molecule has 0 aromatic carbocycles. The Labute approximate surface area is 331 Å². The maximum atomic E-state index is 12.0. The number of methoxy groups -OCH3 is 5. The number of alkyl halides is 2. The highest BCUT2D eigenvalue weighted by Gasteiger charge is 2.26. The van der Waals surface area contributed by atoms with Gasteiger partial charge in [0.2, 0.25) is 0 Å². The average Bonchev–Trinajstić information content (AvgIpc) is 3.15. The number of ether oxygens (including phenoxy) is 10. The lowest BCUT2D eigenvalue weighted by molar-refractivity contribution is -0.273. The summed E-state index contributed by atoms with van der Waals surface area (Å²) in [6, 6.07) is -2.58. The van der Waals surface area contributed by atoms with Gasteiger partial charge in [0.05, 0.1) is 36.6 Å². The van der Waals surface area contributed by atoms with E-state index < -0.39 is 18.2 Å². The van der Waals surface area contributed by atoms with Gasteiger partial charge in [0, 0.05) is 75.1 Å². The maximum Gasteiger partial charge on any atom is 0.357 e. The van der Waals surface area contributed by atoms with Crippen molar-refractivity contribution < 1.29 is 79.6 Å². The number of hydrogen-bond donors (Lipinski definition) is 1. The SMILES string of the molecule is CC(=O)F.CCC(=O)F.CCC(F)(F)OCOC.CCCO.CCCOCOC.CCCOCOC.COCOCCN=C=S.COCOCCN=C=S. The van der Waals surface area contributed by atoms with Gasteiger partial charge in [-0.05, 0) is 43.7 Å². The molecule has 21 heteroatoms. The van der Waals surface area contributed by atoms with Crippen molar-refractivity contribution in [2.24, 2.45) is 9.98 Å². The molecule has 0 aliphatic carbocycles. The molecule has 0 aliphatic heterocycles. The topological polar surface area (TPSA) is 171 Å². The van der Waals surface area contributed by atoms with Crippen LogP contribution < -0.4 is 0 Å². The highest BCUT2D eigenvalue weighted by Crippen LogP contribution is 2.18. The van der Waals surface area contributed by atoms with Gasteiger partial charge in [-0.15, -0.1) is 0 Å². The number of rotatable bonds is 24. The number of hydrogen-bond acceptors (Lipinski definition) is 17. The van der Waals surface area contributed by atoms with Gasteiger partial charge in [-0.2, -0.15) is 17.6 Å². The second kappa shape index (κ2) is 76.0. The smallest absolute Gasteiger partial charge is 0.357 e. The summed E-state index contributed by atoms with van der Waals surface area (Å²) in [7, 11) is 7.68. The first kappa shape index (κ1) is 70.1. The first-order chi connectivity index (χ1) is 25.7. The van der Waals surface area contributed by atoms with Crippen molar-refractivity contribution in [1.29, 1.82) is 0 Å². The zero-order valence-electron chi connectivity index (χ0n) is 34.1. The van der Waals surface area contributed by atoms with Crippen LogP contribution in [0.25, 0.3) is 0 Å². The summed E-state index contributed by atoms with van der Waals surface area (Å²) in [4.78, 5) is 25.2. The predicted molar refractivity (Wildman–Crippen MR) is 205 cm³/mol. The normalized spacial score (nSPS) is 9.04. The minimum Gasteiger partial charge on any atom is -0.396 e. The van der Waals surface area contributed by atoms with Gasteiger partial charge >= 0.3 is 12.1 Å². The van der Waals surface area contributed by atoms with Crippen LogP contribution in [0.3, 0.4) is 0 Å². The summed E-state index contributed by atoms with van der Waals surface area (Å²) >= 11 is 8.65. The zero-order valence-corrected chi connectivity index (χ0v) is 35.7. The van der Waals surface area contributed by atoms with Gasteiger partial charge in [0.1, 0.15) is 27.2 Å². The second-order valence-corrected chi connectivity index (χ2v) is 9.01. The third-order valence-corrected chi connectivity index (χ3v) is 3.88. The van der Waals surface area contributed by atoms with Crippen molar-refractivity contribution >= 4 is 46.8 Å². The molecular formula is C33H68F4N2O13S2. The summed E-state index contributed by atoms with van der Waals surface area (Å²) in [5.74, 6) is 0. The fraction of sp³-hybridized carbons (Fsp3) is 0.879. The van der Waals surface area contributed by atoms with Gasteiger partial charge < -0.3 is 47.7 Å². The van der Waals surface area contributed by atoms with E-state index in [1.54, 1.807) is 28.4 Å². The Morgan fingerprint density at radius 1 is 0.630 bits per heavy atom. The molecule has 0 unspecified atom stereocenters. The Kier molecular flexibility index (Phi) is 98.6. The molecule has 0 bridgehead atoms. The summed E-state index contributed by atoms with van der Waals surface area (Å²) < 4.78 is 91.5. The molecule has 0 radical (unpaired) electrons. The number of carbonyl (C=O) groups excluding carboxylic acids is 2. The highest BCUT2D eigenvalue weighted by molar-refractivity contribution is 7.78. The monoisotopic (exact) mass is 840 g/mol. The number of aliphatic hydroxyl groups is 1. The zero-order chi connectivity index (χ0) is 43.6. The molecule has 0 amide bonds. The summed E-state index contributed by atoms with van der Waals surface area (Å²) in [5, 5.41) is 12.3. The quantitative estimate of drug-likeness (QED) is 0.0267. The van der Waals surface area contributed by atoms with E-state index >= 15 is 0 Å². The van der Waals surface area contributed by atoms with E-state index in [2.05, 4.69) is 87.0 Å². The van der Waals surface area contributed by atoms with E-state index in [-0.39, 0.29) is 19.6 Å². The molecule has 0 rings (SSSR count). The van der Waals surface area contributed by atoms with Crippen LogP contribution in [0.2, 0.25) is 0 Å². The third-order valence-electron chi connectivity index (χ3n) is 3.63. The molecule has 0 aliphatic rings. The lowest BCUT2D eigenvalue weighted by Gasteiger charge is -2.12. The van der Waals surface area contributed by atoms with E-state index in [9.17, 15) is 17.6 Å². The molecule has 15 nitrogen and oxygen atoms in total. The van der Waals surface area contributed by atoms with Gasteiger partial charge in [-0.3, -0.25) is 14.3 Å². The maximum absolute atomic E-state index is 12.0. The number of aliphatic hydroxyl groups excluding tert-OH is 1. The number of nitrogens with zero attached hydrogens (tertiary/aromatic N) is 2. The summed E-state index contributed by atoms with van der Waals surface area (Å²) in [6.45, 7) is 15.0. The van der Waals surface area contributed by atoms with Crippen LogP contribution in [0.1, 0.15) is 73.6 Å². The first-order valence-electron chi connectivity index (χ1n) is 16.5. The molecular weight excluding hydrogens is 772 g/mol. The van der Waals surface area contributed by atoms with Crippen molar-refractivity contribution in [2.75, 3.05) is 116 Å². The van der Waals surface area contributed by atoms with Crippen LogP contribution in [0.5, 0.6) is 0 Å². The second-order valence-electron chi connectivity index (χ2n) is 8.65. The van der Waals surface area contributed by atoms with Crippen molar-refractivity contribution in [3.8, 4) is 0 Å². The van der Waals surface area contributed by atoms with Crippen LogP contribution in [-0.4, -0.2) is 149 Å². The molecule has 0 atom stereocenters. The molecule has 0 saturated heterocycles. The van der Waals surface area contributed by atoms with E-state index in [4.69, 9.17) is 33.6 Å². The van der Waals surface area contributed by atoms with Crippen LogP contribution in [0.15, 0.2) is 9.98 Å². The standard InChI is InChI=1S/C5H10F2O2.2C5H9NO2S.2C5H12O2.C3H5FO.C3H8O.C2H3FO/c1-3-5(6,7)9-4-8-2;2*1-7-5-8-3-2-6-4-9;2*1-3-4-7-5-6-2;1-2-3(4)5;1-2-3-4;1-2(3)4/h3-4H2,1-2H3;2*2-3,5H2,1H3;2*3-5H2,1-2H3;2H2,1H3;4H,2-3H2,1H3;1H3. The van der Waals surface area contributed by atoms with E-state index in [0.717, 1.165) is 39.4 Å². The van der Waals surface area contributed by atoms with Crippen molar-refractivity contribution in [3.63, 3.8) is 0 Å². The Morgan fingerprint density at radius 3 is 1.09 bits per heavy atom. The van der Waals surface area contributed by atoms with Crippen LogP contribution in [0, 0.1) is 0 Å². The molecule has 1 N–H and O–H groups in total. The van der Waals surface area contributed by atoms with Crippen LogP contribution >= 0.6 is 24.4 Å². The van der Waals surface area contributed by atoms with Gasteiger partial charge in [0.25, 0.3) is 6.04 Å². The lowest BCUT2D eigenvalue weighted by Crippen LogP contribution is -2.20. The largest absolute Gasteiger partial charge is 0.396 e. The van der Waals surface area contributed by atoms with Gasteiger partial charge in [-0.1, -0.05) is 34.6 Å². The number of aliphatic imine (C=N–C) groups is 2. The van der Waals surface area contributed by atoms with Crippen molar-refractivity contribution in [1.82, 2.24) is 0 Å². The van der Waals surface area contributed by atoms with E-state index in [1.165, 1.54) is 21.0 Å². The highest BCUT2D eigenvalue weighted by atomic mass is 32.1. The van der Waals surface area contributed by atoms with Gasteiger partial charge in [-0.25, -0.2) is 9.98 Å². The van der Waals surface area contributed by atoms with E-state index in [1.807, 2.05) is 6.92 Å². The predicted octanol–water partition coefficient (Wildman–Crippen LogP) is 6.85. The Morgan fingerprint density at radius 2 is 0.907 bits per heavy atom. The van der Waals surface area contributed by atoms with E-state index in [0.29, 0.717) is 60.1 Å². The summed E-state index contributed by atoms with van der Waals surface area (Å²) in [5.41, 5.74) is 0. The number of carbonyl (C=O) groups is 2. The fourth-order valence-corrected chi connectivity index (χ4v) is 1.60. The molecule has 0 aromatic heterocycles. The Bertz CT molecular complexity index is 726. The minimum atomic E-state index is -3.03. The van der Waals surface area contributed by atoms with Crippen LogP contribution in [0.4, 0.5) is 17.6 Å². The molecule has 54 heavy (non-hydrogen) atoms. The number of thiocarbonyl (C=S) groups is 2. The number of isothiocyanates is 2.